The molecular weight excluding hydrogens is 276 g/mol. The van der Waals surface area contributed by atoms with Crippen LogP contribution in [0.2, 0.25) is 0 Å². The SMILES string of the molecule is O=C(C1=C(Sc2ccccc2)CCCC1)c1ccccc1. The molecule has 0 heterocycles. The molecule has 0 atom stereocenters. The lowest BCUT2D eigenvalue weighted by Crippen LogP contribution is -2.09. The van der Waals surface area contributed by atoms with Crippen LogP contribution in [0.4, 0.5) is 0 Å². The fourth-order valence-corrected chi connectivity index (χ4v) is 3.77. The number of carbonyl (C=O) groups excluding carboxylic acids is 1. The maximum Gasteiger partial charge on any atom is 0.189 e. The van der Waals surface area contributed by atoms with E-state index in [1.807, 2.05) is 48.5 Å². The molecule has 0 bridgehead atoms. The number of carbonyl (C=O) groups is 1. The van der Waals surface area contributed by atoms with E-state index in [-0.39, 0.29) is 5.78 Å². The Hall–Kier alpha value is -1.80. The fourth-order valence-electron chi connectivity index (χ4n) is 2.62. The third-order valence-corrected chi connectivity index (χ3v) is 4.92. The van der Waals surface area contributed by atoms with Crippen molar-refractivity contribution in [1.29, 1.82) is 0 Å². The topological polar surface area (TPSA) is 17.1 Å². The third kappa shape index (κ3) is 3.45. The number of hydrogen-bond acceptors (Lipinski definition) is 2. The van der Waals surface area contributed by atoms with E-state index in [1.54, 1.807) is 11.8 Å². The Bertz CT molecular complexity index is 644. The quantitative estimate of drug-likeness (QED) is 0.694. The summed E-state index contributed by atoms with van der Waals surface area (Å²) >= 11 is 1.75. The molecule has 1 nitrogen and oxygen atoms in total. The molecule has 2 heteroatoms. The number of ketones is 1. The van der Waals surface area contributed by atoms with Crippen LogP contribution in [-0.4, -0.2) is 5.78 Å². The maximum atomic E-state index is 12.7. The zero-order valence-corrected chi connectivity index (χ0v) is 12.7. The van der Waals surface area contributed by atoms with Crippen molar-refractivity contribution < 1.29 is 4.79 Å². The van der Waals surface area contributed by atoms with Gasteiger partial charge in [-0.25, -0.2) is 0 Å². The van der Waals surface area contributed by atoms with E-state index in [1.165, 1.54) is 16.2 Å². The van der Waals surface area contributed by atoms with E-state index in [4.69, 9.17) is 0 Å². The van der Waals surface area contributed by atoms with Gasteiger partial charge in [0, 0.05) is 16.0 Å². The molecule has 0 fully saturated rings. The second-order valence-corrected chi connectivity index (χ2v) is 6.39. The van der Waals surface area contributed by atoms with Crippen LogP contribution >= 0.6 is 11.8 Å². The van der Waals surface area contributed by atoms with Gasteiger partial charge in [0.15, 0.2) is 5.78 Å². The van der Waals surface area contributed by atoms with E-state index < -0.39 is 0 Å². The van der Waals surface area contributed by atoms with Gasteiger partial charge in [-0.2, -0.15) is 0 Å². The van der Waals surface area contributed by atoms with Gasteiger partial charge in [-0.3, -0.25) is 4.79 Å². The van der Waals surface area contributed by atoms with Gasteiger partial charge in [-0.15, -0.1) is 0 Å². The first-order chi connectivity index (χ1) is 10.3. The summed E-state index contributed by atoms with van der Waals surface area (Å²) in [7, 11) is 0. The first-order valence-electron chi connectivity index (χ1n) is 7.39. The van der Waals surface area contributed by atoms with E-state index in [0.29, 0.717) is 0 Å². The van der Waals surface area contributed by atoms with Crippen LogP contribution in [0.3, 0.4) is 0 Å². The predicted octanol–water partition coefficient (Wildman–Crippen LogP) is 5.49. The Labute approximate surface area is 130 Å². The second kappa shape index (κ2) is 6.77. The Morgan fingerprint density at radius 3 is 2.14 bits per heavy atom. The van der Waals surface area contributed by atoms with E-state index in [9.17, 15) is 4.79 Å². The molecule has 2 aromatic carbocycles. The normalized spacial score (nSPS) is 15.0. The van der Waals surface area contributed by atoms with E-state index >= 15 is 0 Å². The average molecular weight is 294 g/mol. The van der Waals surface area contributed by atoms with Gasteiger partial charge in [-0.1, -0.05) is 60.3 Å². The zero-order chi connectivity index (χ0) is 14.5. The molecule has 0 N–H and O–H groups in total. The number of benzene rings is 2. The Morgan fingerprint density at radius 2 is 1.43 bits per heavy atom. The molecule has 1 aliphatic rings. The zero-order valence-electron chi connectivity index (χ0n) is 11.9. The lowest BCUT2D eigenvalue weighted by atomic mass is 9.93. The Balaban J connectivity index is 1.90. The summed E-state index contributed by atoms with van der Waals surface area (Å²) in [6, 6.07) is 20.0. The molecule has 0 aromatic heterocycles. The molecule has 0 saturated carbocycles. The van der Waals surface area contributed by atoms with E-state index in [0.717, 1.165) is 30.4 Å². The molecule has 0 unspecified atom stereocenters. The summed E-state index contributed by atoms with van der Waals surface area (Å²) in [5.41, 5.74) is 1.82. The highest BCUT2D eigenvalue weighted by Crippen LogP contribution is 2.38. The smallest absolute Gasteiger partial charge is 0.189 e. The first kappa shape index (κ1) is 14.2. The number of hydrogen-bond donors (Lipinski definition) is 0. The van der Waals surface area contributed by atoms with Crippen molar-refractivity contribution >= 4 is 17.5 Å². The van der Waals surface area contributed by atoms with Crippen LogP contribution in [0.15, 0.2) is 76.0 Å². The molecule has 0 radical (unpaired) electrons. The number of Topliss-reactive ketones (excluding diaryl/α,β-unsaturated/α-hetero) is 1. The van der Waals surface area contributed by atoms with Gasteiger partial charge < -0.3 is 0 Å². The van der Waals surface area contributed by atoms with Crippen LogP contribution < -0.4 is 0 Å². The number of allylic oxidation sites excluding steroid dienone is 2. The average Bonchev–Trinajstić information content (AvgIpc) is 2.56. The first-order valence-corrected chi connectivity index (χ1v) is 8.21. The highest BCUT2D eigenvalue weighted by atomic mass is 32.2. The molecule has 0 aliphatic heterocycles. The summed E-state index contributed by atoms with van der Waals surface area (Å²) in [5, 5.41) is 0. The molecule has 2 aromatic rings. The molecule has 0 spiro atoms. The van der Waals surface area contributed by atoms with Gasteiger partial charge in [0.05, 0.1) is 0 Å². The third-order valence-electron chi connectivity index (χ3n) is 3.71. The standard InChI is InChI=1S/C19H18OS/c20-19(15-9-3-1-4-10-15)17-13-7-8-14-18(17)21-16-11-5-2-6-12-16/h1-6,9-12H,7-8,13-14H2. The van der Waals surface area contributed by atoms with Gasteiger partial charge in [0.25, 0.3) is 0 Å². The minimum absolute atomic E-state index is 0.203. The van der Waals surface area contributed by atoms with Crippen molar-refractivity contribution in [2.75, 3.05) is 0 Å². The van der Waals surface area contributed by atoms with E-state index in [2.05, 4.69) is 12.1 Å². The van der Waals surface area contributed by atoms with Crippen molar-refractivity contribution in [1.82, 2.24) is 0 Å². The largest absolute Gasteiger partial charge is 0.289 e. The monoisotopic (exact) mass is 294 g/mol. The Kier molecular flexibility index (Phi) is 4.56. The molecule has 0 amide bonds. The summed E-state index contributed by atoms with van der Waals surface area (Å²) in [6.07, 6.45) is 4.23. The summed E-state index contributed by atoms with van der Waals surface area (Å²) in [4.78, 5) is 15.2. The van der Waals surface area contributed by atoms with Crippen LogP contribution in [0.1, 0.15) is 36.0 Å². The van der Waals surface area contributed by atoms with Crippen molar-refractivity contribution in [3.8, 4) is 0 Å². The highest BCUT2D eigenvalue weighted by Gasteiger charge is 2.20. The summed E-state index contributed by atoms with van der Waals surface area (Å²) in [6.45, 7) is 0. The van der Waals surface area contributed by atoms with Crippen LogP contribution in [0.5, 0.6) is 0 Å². The van der Waals surface area contributed by atoms with Gasteiger partial charge in [0.1, 0.15) is 0 Å². The lowest BCUT2D eigenvalue weighted by molar-refractivity contribution is 0.102. The van der Waals surface area contributed by atoms with Gasteiger partial charge >= 0.3 is 0 Å². The molecule has 3 rings (SSSR count). The van der Waals surface area contributed by atoms with Crippen molar-refractivity contribution in [3.05, 3.63) is 76.7 Å². The summed E-state index contributed by atoms with van der Waals surface area (Å²) in [5.74, 6) is 0.203. The summed E-state index contributed by atoms with van der Waals surface area (Å²) < 4.78 is 0. The van der Waals surface area contributed by atoms with Crippen LogP contribution in [0, 0.1) is 0 Å². The maximum absolute atomic E-state index is 12.7. The highest BCUT2D eigenvalue weighted by molar-refractivity contribution is 8.03. The molecule has 21 heavy (non-hydrogen) atoms. The Morgan fingerprint density at radius 1 is 0.810 bits per heavy atom. The van der Waals surface area contributed by atoms with Crippen molar-refractivity contribution in [2.45, 2.75) is 30.6 Å². The molecule has 1 aliphatic carbocycles. The predicted molar refractivity (Wildman–Crippen MR) is 88.6 cm³/mol. The van der Waals surface area contributed by atoms with Gasteiger partial charge in [-0.05, 0) is 42.7 Å². The lowest BCUT2D eigenvalue weighted by Gasteiger charge is -2.19. The van der Waals surface area contributed by atoms with Gasteiger partial charge in [0.2, 0.25) is 0 Å². The molecular formula is C19H18OS. The number of rotatable bonds is 4. The number of thioether (sulfide) groups is 1. The minimum Gasteiger partial charge on any atom is -0.289 e. The minimum atomic E-state index is 0.203. The van der Waals surface area contributed by atoms with Crippen LogP contribution in [0.25, 0.3) is 0 Å². The van der Waals surface area contributed by atoms with Crippen molar-refractivity contribution in [2.24, 2.45) is 0 Å². The van der Waals surface area contributed by atoms with Crippen molar-refractivity contribution in [3.63, 3.8) is 0 Å². The van der Waals surface area contributed by atoms with Crippen LogP contribution in [-0.2, 0) is 0 Å². The fraction of sp³-hybridized carbons (Fsp3) is 0.211. The molecule has 106 valence electrons. The second-order valence-electron chi connectivity index (χ2n) is 5.22. The molecule has 0 saturated heterocycles.